The van der Waals surface area contributed by atoms with Crippen molar-refractivity contribution in [2.45, 2.75) is 26.2 Å². The number of anilines is 1. The summed E-state index contributed by atoms with van der Waals surface area (Å²) in [5, 5.41) is 6.43. The number of rotatable bonds is 9. The SMILES string of the molecule is CCCCCOC(=O)CNC(=S)Nc1cc(OC)c(Cl)cc1OC. The predicted octanol–water partition coefficient (Wildman–Crippen LogP) is 3.38. The maximum atomic E-state index is 11.6. The maximum absolute atomic E-state index is 11.6. The summed E-state index contributed by atoms with van der Waals surface area (Å²) in [4.78, 5) is 11.6. The molecule has 0 saturated carbocycles. The van der Waals surface area contributed by atoms with E-state index in [4.69, 9.17) is 38.0 Å². The van der Waals surface area contributed by atoms with Crippen molar-refractivity contribution in [1.29, 1.82) is 0 Å². The number of unbranched alkanes of at least 4 members (excludes halogenated alkanes) is 2. The highest BCUT2D eigenvalue weighted by Gasteiger charge is 2.12. The van der Waals surface area contributed by atoms with Gasteiger partial charge in [0.1, 0.15) is 18.0 Å². The van der Waals surface area contributed by atoms with Gasteiger partial charge in [0.2, 0.25) is 0 Å². The van der Waals surface area contributed by atoms with Gasteiger partial charge in [-0.1, -0.05) is 31.4 Å². The Kier molecular flexibility index (Phi) is 9.26. The van der Waals surface area contributed by atoms with Crippen molar-refractivity contribution in [3.63, 3.8) is 0 Å². The van der Waals surface area contributed by atoms with Gasteiger partial charge in [-0.05, 0) is 18.6 Å². The first kappa shape index (κ1) is 20.3. The van der Waals surface area contributed by atoms with Crippen molar-refractivity contribution in [3.05, 3.63) is 17.2 Å². The molecular weight excluding hydrogens is 352 g/mol. The van der Waals surface area contributed by atoms with E-state index in [0.29, 0.717) is 28.8 Å². The lowest BCUT2D eigenvalue weighted by molar-refractivity contribution is -0.142. The van der Waals surface area contributed by atoms with Gasteiger partial charge in [-0.3, -0.25) is 4.79 Å². The third kappa shape index (κ3) is 6.80. The molecule has 0 amide bonds. The number of esters is 1. The molecule has 0 atom stereocenters. The van der Waals surface area contributed by atoms with Crippen LogP contribution in [0.1, 0.15) is 26.2 Å². The molecule has 24 heavy (non-hydrogen) atoms. The number of hydrogen-bond donors (Lipinski definition) is 2. The Labute approximate surface area is 152 Å². The van der Waals surface area contributed by atoms with Gasteiger partial charge in [-0.15, -0.1) is 0 Å². The van der Waals surface area contributed by atoms with E-state index in [1.807, 2.05) is 0 Å². The Morgan fingerprint density at radius 1 is 1.21 bits per heavy atom. The van der Waals surface area contributed by atoms with Gasteiger partial charge in [0.05, 0.1) is 31.5 Å². The quantitative estimate of drug-likeness (QED) is 0.390. The minimum absolute atomic E-state index is 0.00893. The molecular formula is C16H23ClN2O4S. The molecule has 0 radical (unpaired) electrons. The van der Waals surface area contributed by atoms with Crippen LogP contribution in [0, 0.1) is 0 Å². The third-order valence-corrected chi connectivity index (χ3v) is 3.67. The van der Waals surface area contributed by atoms with Crippen molar-refractivity contribution in [2.24, 2.45) is 0 Å². The lowest BCUT2D eigenvalue weighted by atomic mass is 10.2. The molecule has 0 bridgehead atoms. The van der Waals surface area contributed by atoms with E-state index in [-0.39, 0.29) is 17.6 Å². The van der Waals surface area contributed by atoms with Crippen molar-refractivity contribution in [2.75, 3.05) is 32.7 Å². The fourth-order valence-corrected chi connectivity index (χ4v) is 2.28. The lowest BCUT2D eigenvalue weighted by Gasteiger charge is -2.15. The molecule has 0 fully saturated rings. The lowest BCUT2D eigenvalue weighted by Crippen LogP contribution is -2.34. The smallest absolute Gasteiger partial charge is 0.325 e. The molecule has 1 aromatic rings. The molecule has 0 aromatic heterocycles. The summed E-state index contributed by atoms with van der Waals surface area (Å²) >= 11 is 11.2. The maximum Gasteiger partial charge on any atom is 0.325 e. The van der Waals surface area contributed by atoms with Gasteiger partial charge in [0.15, 0.2) is 5.11 Å². The van der Waals surface area contributed by atoms with E-state index in [1.165, 1.54) is 14.2 Å². The minimum Gasteiger partial charge on any atom is -0.495 e. The van der Waals surface area contributed by atoms with Crippen LogP contribution in [0.5, 0.6) is 11.5 Å². The molecule has 0 heterocycles. The molecule has 0 aliphatic heterocycles. The van der Waals surface area contributed by atoms with E-state index < -0.39 is 0 Å². The van der Waals surface area contributed by atoms with Crippen LogP contribution in [0.25, 0.3) is 0 Å². The van der Waals surface area contributed by atoms with E-state index in [1.54, 1.807) is 12.1 Å². The van der Waals surface area contributed by atoms with Crippen LogP contribution in [0.4, 0.5) is 5.69 Å². The second-order valence-corrected chi connectivity index (χ2v) is 5.74. The second-order valence-electron chi connectivity index (χ2n) is 4.92. The molecule has 0 unspecified atom stereocenters. The number of carbonyl (C=O) groups is 1. The fraction of sp³-hybridized carbons (Fsp3) is 0.500. The fourth-order valence-electron chi connectivity index (χ4n) is 1.87. The van der Waals surface area contributed by atoms with E-state index in [0.717, 1.165) is 19.3 Å². The molecule has 0 saturated heterocycles. The molecule has 8 heteroatoms. The second kappa shape index (κ2) is 10.9. The van der Waals surface area contributed by atoms with Crippen molar-refractivity contribution < 1.29 is 19.0 Å². The Morgan fingerprint density at radius 2 is 1.92 bits per heavy atom. The van der Waals surface area contributed by atoms with E-state index in [9.17, 15) is 4.79 Å². The van der Waals surface area contributed by atoms with E-state index >= 15 is 0 Å². The first-order valence-electron chi connectivity index (χ1n) is 7.63. The normalized spacial score (nSPS) is 10.0. The number of nitrogens with one attached hydrogen (secondary N) is 2. The van der Waals surface area contributed by atoms with Crippen LogP contribution >= 0.6 is 23.8 Å². The predicted molar refractivity (Wildman–Crippen MR) is 99.3 cm³/mol. The average Bonchev–Trinajstić information content (AvgIpc) is 2.58. The molecule has 0 aliphatic rings. The van der Waals surface area contributed by atoms with Gasteiger partial charge < -0.3 is 24.8 Å². The molecule has 1 rings (SSSR count). The summed E-state index contributed by atoms with van der Waals surface area (Å²) in [6.45, 7) is 2.51. The summed E-state index contributed by atoms with van der Waals surface area (Å²) in [7, 11) is 3.04. The molecule has 1 aromatic carbocycles. The zero-order valence-electron chi connectivity index (χ0n) is 14.1. The highest BCUT2D eigenvalue weighted by Crippen LogP contribution is 2.35. The van der Waals surface area contributed by atoms with Gasteiger partial charge in [0.25, 0.3) is 0 Å². The summed E-state index contributed by atoms with van der Waals surface area (Å²) in [6, 6.07) is 3.28. The topological polar surface area (TPSA) is 68.8 Å². The first-order valence-corrected chi connectivity index (χ1v) is 8.42. The molecule has 0 spiro atoms. The van der Waals surface area contributed by atoms with Gasteiger partial charge >= 0.3 is 5.97 Å². The minimum atomic E-state index is -0.351. The van der Waals surface area contributed by atoms with E-state index in [2.05, 4.69) is 17.6 Å². The Morgan fingerprint density at radius 3 is 2.54 bits per heavy atom. The molecule has 6 nitrogen and oxygen atoms in total. The van der Waals surface area contributed by atoms with Crippen molar-refractivity contribution in [3.8, 4) is 11.5 Å². The number of benzene rings is 1. The number of halogens is 1. The van der Waals surface area contributed by atoms with Crippen LogP contribution in [0.2, 0.25) is 5.02 Å². The molecule has 2 N–H and O–H groups in total. The Bertz CT molecular complexity index is 569. The Balaban J connectivity index is 2.51. The summed E-state index contributed by atoms with van der Waals surface area (Å²) < 4.78 is 15.5. The number of hydrogen-bond acceptors (Lipinski definition) is 5. The first-order chi connectivity index (χ1) is 11.5. The number of methoxy groups -OCH3 is 2. The van der Waals surface area contributed by atoms with Crippen LogP contribution in [0.3, 0.4) is 0 Å². The number of thiocarbonyl (C=S) groups is 1. The third-order valence-electron chi connectivity index (χ3n) is 3.13. The molecule has 0 aliphatic carbocycles. The van der Waals surface area contributed by atoms with Crippen molar-refractivity contribution in [1.82, 2.24) is 5.32 Å². The van der Waals surface area contributed by atoms with Gasteiger partial charge in [-0.2, -0.15) is 0 Å². The summed E-state index contributed by atoms with van der Waals surface area (Å²) in [5.74, 6) is 0.640. The molecule has 134 valence electrons. The van der Waals surface area contributed by atoms with Crippen LogP contribution < -0.4 is 20.1 Å². The average molecular weight is 375 g/mol. The van der Waals surface area contributed by atoms with Crippen molar-refractivity contribution >= 4 is 40.6 Å². The zero-order chi connectivity index (χ0) is 17.9. The monoisotopic (exact) mass is 374 g/mol. The zero-order valence-corrected chi connectivity index (χ0v) is 15.7. The highest BCUT2D eigenvalue weighted by molar-refractivity contribution is 7.80. The Hall–Kier alpha value is -1.73. The van der Waals surface area contributed by atoms with Crippen LogP contribution in [-0.4, -0.2) is 38.5 Å². The largest absolute Gasteiger partial charge is 0.495 e. The summed E-state index contributed by atoms with van der Waals surface area (Å²) in [6.07, 6.45) is 2.99. The van der Waals surface area contributed by atoms with Crippen LogP contribution in [0.15, 0.2) is 12.1 Å². The highest BCUT2D eigenvalue weighted by atomic mass is 35.5. The number of ether oxygens (including phenoxy) is 3. The standard InChI is InChI=1S/C16H23ClN2O4S/c1-4-5-6-7-23-15(20)10-18-16(24)19-12-9-13(21-2)11(17)8-14(12)22-3/h8-9H,4-7,10H2,1-3H3,(H2,18,19,24). The van der Waals surface area contributed by atoms with Crippen LogP contribution in [-0.2, 0) is 9.53 Å². The number of carbonyl (C=O) groups excluding carboxylic acids is 1. The van der Waals surface area contributed by atoms with Gasteiger partial charge in [0, 0.05) is 12.1 Å². The van der Waals surface area contributed by atoms with Gasteiger partial charge in [-0.25, -0.2) is 0 Å². The summed E-state index contributed by atoms with van der Waals surface area (Å²) in [5.41, 5.74) is 0.576.